The topological polar surface area (TPSA) is 113 Å². The number of fused-ring (bicyclic) bond motifs is 1. The van der Waals surface area contributed by atoms with Gasteiger partial charge in [-0.05, 0) is 37.4 Å². The fourth-order valence-electron chi connectivity index (χ4n) is 3.60. The zero-order valence-corrected chi connectivity index (χ0v) is 19.6. The first-order valence-corrected chi connectivity index (χ1v) is 11.6. The van der Waals surface area contributed by atoms with E-state index in [9.17, 15) is 19.7 Å². The first-order valence-electron chi connectivity index (χ1n) is 9.91. The molecular formula is C22H19N3O6S2. The third-order valence-corrected chi connectivity index (χ3v) is 6.95. The number of aromatic nitrogens is 1. The summed E-state index contributed by atoms with van der Waals surface area (Å²) in [6.45, 7) is 3.63. The predicted octanol–water partition coefficient (Wildman–Crippen LogP) is 2.78. The summed E-state index contributed by atoms with van der Waals surface area (Å²) in [5.74, 6) is -0.128. The molecule has 3 aromatic rings. The Balaban J connectivity index is 1.95. The Morgan fingerprint density at radius 1 is 1.36 bits per heavy atom. The third kappa shape index (κ3) is 4.12. The van der Waals surface area contributed by atoms with Gasteiger partial charge in [0.15, 0.2) is 4.80 Å². The number of carbonyl (C=O) groups excluding carboxylic acids is 1. The normalized spacial score (nSPS) is 15.7. The van der Waals surface area contributed by atoms with E-state index < -0.39 is 16.9 Å². The van der Waals surface area contributed by atoms with Crippen LogP contribution < -0.4 is 19.6 Å². The molecule has 33 heavy (non-hydrogen) atoms. The largest absolute Gasteiger partial charge is 0.496 e. The van der Waals surface area contributed by atoms with Gasteiger partial charge in [-0.2, -0.15) is 0 Å². The fourth-order valence-corrected chi connectivity index (χ4v) is 5.46. The van der Waals surface area contributed by atoms with E-state index in [2.05, 4.69) is 4.99 Å². The van der Waals surface area contributed by atoms with Crippen molar-refractivity contribution >= 4 is 40.4 Å². The quantitative estimate of drug-likeness (QED) is 0.301. The molecule has 2 aromatic heterocycles. The van der Waals surface area contributed by atoms with E-state index in [-0.39, 0.29) is 17.9 Å². The molecule has 11 heteroatoms. The number of carbonyl (C=O) groups is 1. The molecule has 0 aliphatic carbocycles. The Morgan fingerprint density at radius 2 is 2.15 bits per heavy atom. The van der Waals surface area contributed by atoms with Crippen molar-refractivity contribution in [2.24, 2.45) is 4.99 Å². The Kier molecular flexibility index (Phi) is 6.25. The molecule has 0 radical (unpaired) electrons. The number of esters is 1. The second-order valence-corrected chi connectivity index (χ2v) is 8.99. The van der Waals surface area contributed by atoms with Gasteiger partial charge in [-0.25, -0.2) is 9.79 Å². The lowest BCUT2D eigenvalue weighted by molar-refractivity contribution is -0.384. The fraction of sp³-hybridized carbons (Fsp3) is 0.227. The standard InChI is InChI=1S/C22H19N3O6S2/c1-4-31-21(27)18-12(2)23-22-24(19(18)16-6-5-9-32-16)20(26)17(33-22)11-13-10-14(25(28)29)7-8-15(13)30-3/h5-11,19H,4H2,1-3H3. The highest BCUT2D eigenvalue weighted by molar-refractivity contribution is 7.10. The number of thiophene rings is 1. The zero-order valence-electron chi connectivity index (χ0n) is 17.9. The number of rotatable bonds is 6. The van der Waals surface area contributed by atoms with Crippen molar-refractivity contribution in [3.63, 3.8) is 0 Å². The lowest BCUT2D eigenvalue weighted by Crippen LogP contribution is -2.39. The molecule has 3 heterocycles. The Morgan fingerprint density at radius 3 is 2.79 bits per heavy atom. The summed E-state index contributed by atoms with van der Waals surface area (Å²) in [5, 5.41) is 13.1. The highest BCUT2D eigenvalue weighted by atomic mass is 32.1. The highest BCUT2D eigenvalue weighted by Crippen LogP contribution is 2.33. The van der Waals surface area contributed by atoms with Crippen LogP contribution in [0.1, 0.15) is 30.3 Å². The Bertz CT molecular complexity index is 1450. The molecule has 1 atom stereocenters. The minimum atomic E-state index is -0.672. The number of hydrogen-bond donors (Lipinski definition) is 0. The van der Waals surface area contributed by atoms with Crippen LogP contribution in [-0.4, -0.2) is 29.2 Å². The van der Waals surface area contributed by atoms with Crippen molar-refractivity contribution in [3.05, 3.63) is 87.2 Å². The van der Waals surface area contributed by atoms with E-state index in [1.54, 1.807) is 19.9 Å². The van der Waals surface area contributed by atoms with Gasteiger partial charge >= 0.3 is 5.97 Å². The number of thiazole rings is 1. The van der Waals surface area contributed by atoms with Crippen LogP contribution in [0.15, 0.2) is 56.8 Å². The van der Waals surface area contributed by atoms with Crippen molar-refractivity contribution in [3.8, 4) is 5.75 Å². The van der Waals surface area contributed by atoms with Crippen LogP contribution in [-0.2, 0) is 9.53 Å². The van der Waals surface area contributed by atoms with E-state index in [1.165, 1.54) is 41.2 Å². The van der Waals surface area contributed by atoms with E-state index in [0.717, 1.165) is 16.2 Å². The maximum Gasteiger partial charge on any atom is 0.338 e. The monoisotopic (exact) mass is 485 g/mol. The van der Waals surface area contributed by atoms with E-state index in [0.29, 0.717) is 31.9 Å². The van der Waals surface area contributed by atoms with Crippen molar-refractivity contribution in [1.29, 1.82) is 0 Å². The average molecular weight is 486 g/mol. The van der Waals surface area contributed by atoms with Crippen LogP contribution in [0.5, 0.6) is 5.75 Å². The first kappa shape index (κ1) is 22.6. The smallest absolute Gasteiger partial charge is 0.338 e. The van der Waals surface area contributed by atoms with E-state index in [1.807, 2.05) is 17.5 Å². The molecule has 1 unspecified atom stereocenters. The summed E-state index contributed by atoms with van der Waals surface area (Å²) >= 11 is 2.57. The van der Waals surface area contributed by atoms with Crippen LogP contribution in [0.25, 0.3) is 6.08 Å². The minimum absolute atomic E-state index is 0.119. The van der Waals surface area contributed by atoms with Gasteiger partial charge in [-0.15, -0.1) is 11.3 Å². The molecule has 0 N–H and O–H groups in total. The lowest BCUT2D eigenvalue weighted by Gasteiger charge is -2.23. The maximum atomic E-state index is 13.5. The third-order valence-electron chi connectivity index (χ3n) is 5.04. The van der Waals surface area contributed by atoms with Gasteiger partial charge in [-0.3, -0.25) is 19.5 Å². The van der Waals surface area contributed by atoms with E-state index >= 15 is 0 Å². The molecule has 0 bridgehead atoms. The van der Waals surface area contributed by atoms with Crippen LogP contribution in [0, 0.1) is 10.1 Å². The summed E-state index contributed by atoms with van der Waals surface area (Å²) < 4.78 is 12.4. The maximum absolute atomic E-state index is 13.5. The molecule has 0 amide bonds. The second-order valence-electron chi connectivity index (χ2n) is 7.00. The van der Waals surface area contributed by atoms with Crippen LogP contribution in [0.2, 0.25) is 0 Å². The van der Waals surface area contributed by atoms with Crippen molar-refractivity contribution in [1.82, 2.24) is 4.57 Å². The molecule has 1 aliphatic heterocycles. The van der Waals surface area contributed by atoms with Crippen molar-refractivity contribution in [2.75, 3.05) is 13.7 Å². The first-order chi connectivity index (χ1) is 15.8. The molecule has 0 saturated carbocycles. The van der Waals surface area contributed by atoms with Gasteiger partial charge in [0.25, 0.3) is 11.2 Å². The number of nitro groups is 1. The number of benzene rings is 1. The summed E-state index contributed by atoms with van der Waals surface area (Å²) in [6, 6.07) is 7.20. The predicted molar refractivity (Wildman–Crippen MR) is 124 cm³/mol. The highest BCUT2D eigenvalue weighted by Gasteiger charge is 2.33. The van der Waals surface area contributed by atoms with Crippen LogP contribution >= 0.6 is 22.7 Å². The summed E-state index contributed by atoms with van der Waals surface area (Å²) in [5.41, 5.74) is 0.705. The number of nitro benzene ring substituents is 1. The second kappa shape index (κ2) is 9.12. The van der Waals surface area contributed by atoms with Gasteiger partial charge in [0, 0.05) is 22.6 Å². The SMILES string of the molecule is CCOC(=O)C1=C(C)N=c2sc(=Cc3cc([N+](=O)[O-])ccc3OC)c(=O)n2C1c1cccs1. The minimum Gasteiger partial charge on any atom is -0.496 e. The van der Waals surface area contributed by atoms with Gasteiger partial charge in [0.05, 0.1) is 34.4 Å². The molecule has 0 spiro atoms. The number of allylic oxidation sites excluding steroid dienone is 1. The molecule has 1 aromatic carbocycles. The average Bonchev–Trinajstić information content (AvgIpc) is 3.41. The van der Waals surface area contributed by atoms with Crippen molar-refractivity contribution < 1.29 is 19.2 Å². The van der Waals surface area contributed by atoms with Gasteiger partial charge in [0.2, 0.25) is 0 Å². The molecule has 0 saturated heterocycles. The summed E-state index contributed by atoms with van der Waals surface area (Å²) in [6.07, 6.45) is 1.55. The number of non-ortho nitro benzene ring substituents is 1. The molecule has 9 nitrogen and oxygen atoms in total. The summed E-state index contributed by atoms with van der Waals surface area (Å²) in [7, 11) is 1.45. The van der Waals surface area contributed by atoms with Crippen LogP contribution in [0.3, 0.4) is 0 Å². The Labute approximate surface area is 195 Å². The van der Waals surface area contributed by atoms with Crippen LogP contribution in [0.4, 0.5) is 5.69 Å². The van der Waals surface area contributed by atoms with Gasteiger partial charge < -0.3 is 9.47 Å². The summed E-state index contributed by atoms with van der Waals surface area (Å²) in [4.78, 5) is 42.7. The molecule has 170 valence electrons. The molecular weight excluding hydrogens is 466 g/mol. The number of methoxy groups -OCH3 is 1. The number of ether oxygens (including phenoxy) is 2. The van der Waals surface area contributed by atoms with Crippen molar-refractivity contribution in [2.45, 2.75) is 19.9 Å². The number of hydrogen-bond acceptors (Lipinski definition) is 9. The molecule has 0 fully saturated rings. The van der Waals surface area contributed by atoms with E-state index in [4.69, 9.17) is 9.47 Å². The Hall–Kier alpha value is -3.57. The molecule has 1 aliphatic rings. The zero-order chi connectivity index (χ0) is 23.7. The number of nitrogens with zero attached hydrogens (tertiary/aromatic N) is 3. The lowest BCUT2D eigenvalue weighted by atomic mass is 10.0. The molecule has 4 rings (SSSR count). The van der Waals surface area contributed by atoms with Gasteiger partial charge in [0.1, 0.15) is 11.8 Å². The van der Waals surface area contributed by atoms with Gasteiger partial charge in [-0.1, -0.05) is 17.4 Å².